The van der Waals surface area contributed by atoms with Crippen LogP contribution in [0.3, 0.4) is 0 Å². The predicted octanol–water partition coefficient (Wildman–Crippen LogP) is 4.15. The van der Waals surface area contributed by atoms with E-state index in [4.69, 9.17) is 5.73 Å². The molecule has 16 heavy (non-hydrogen) atoms. The Kier molecular flexibility index (Phi) is 3.93. The first-order valence-electron chi connectivity index (χ1n) is 5.02. The van der Waals surface area contributed by atoms with Crippen LogP contribution in [0.25, 0.3) is 16.5 Å². The lowest BCUT2D eigenvalue weighted by Crippen LogP contribution is -1.91. The van der Waals surface area contributed by atoms with Gasteiger partial charge in [-0.25, -0.2) is 0 Å². The van der Waals surface area contributed by atoms with Crippen LogP contribution in [0, 0.1) is 0 Å². The molecule has 0 aliphatic heterocycles. The van der Waals surface area contributed by atoms with E-state index in [1.165, 1.54) is 15.3 Å². The fraction of sp³-hybridized carbons (Fsp3) is 0.0769. The van der Waals surface area contributed by atoms with Crippen LogP contribution in [0.1, 0.15) is 4.88 Å². The third kappa shape index (κ3) is 2.82. The standard InChI is InChI=1S/C13H12BrNS/c14-11-5-3-10(4-6-11)13-8-7-12(16-13)2-1-9-15/h1-8H,9,15H2. The molecule has 0 fully saturated rings. The Labute approximate surface area is 108 Å². The molecule has 0 aliphatic carbocycles. The Morgan fingerprint density at radius 1 is 1.12 bits per heavy atom. The molecule has 0 spiro atoms. The van der Waals surface area contributed by atoms with Gasteiger partial charge in [-0.3, -0.25) is 0 Å². The first-order chi connectivity index (χ1) is 7.79. The van der Waals surface area contributed by atoms with Crippen molar-refractivity contribution in [3.8, 4) is 10.4 Å². The number of hydrogen-bond acceptors (Lipinski definition) is 2. The van der Waals surface area contributed by atoms with Crippen LogP contribution >= 0.6 is 27.3 Å². The van der Waals surface area contributed by atoms with Gasteiger partial charge in [-0.2, -0.15) is 0 Å². The summed E-state index contributed by atoms with van der Waals surface area (Å²) in [6.45, 7) is 0.589. The summed E-state index contributed by atoms with van der Waals surface area (Å²) in [5, 5.41) is 0. The second-order valence-corrected chi connectivity index (χ2v) is 5.38. The van der Waals surface area contributed by atoms with E-state index in [0.29, 0.717) is 6.54 Å². The number of halogens is 1. The second kappa shape index (κ2) is 5.43. The van der Waals surface area contributed by atoms with Gasteiger partial charge in [0.2, 0.25) is 0 Å². The molecule has 0 radical (unpaired) electrons. The van der Waals surface area contributed by atoms with Crippen LogP contribution in [0.15, 0.2) is 46.9 Å². The van der Waals surface area contributed by atoms with Crippen LogP contribution in [0.4, 0.5) is 0 Å². The monoisotopic (exact) mass is 293 g/mol. The van der Waals surface area contributed by atoms with Crippen molar-refractivity contribution in [2.45, 2.75) is 0 Å². The molecule has 2 rings (SSSR count). The lowest BCUT2D eigenvalue weighted by Gasteiger charge is -1.96. The molecule has 0 bridgehead atoms. The first-order valence-corrected chi connectivity index (χ1v) is 6.63. The van der Waals surface area contributed by atoms with Crippen molar-refractivity contribution < 1.29 is 0 Å². The van der Waals surface area contributed by atoms with Gasteiger partial charge in [-0.1, -0.05) is 34.1 Å². The maximum atomic E-state index is 5.42. The first kappa shape index (κ1) is 11.6. The van der Waals surface area contributed by atoms with E-state index in [9.17, 15) is 0 Å². The molecule has 0 amide bonds. The van der Waals surface area contributed by atoms with Gasteiger partial charge in [0.1, 0.15) is 0 Å². The Hall–Kier alpha value is -0.900. The van der Waals surface area contributed by atoms with Gasteiger partial charge in [-0.15, -0.1) is 11.3 Å². The highest BCUT2D eigenvalue weighted by Crippen LogP contribution is 2.29. The lowest BCUT2D eigenvalue weighted by molar-refractivity contribution is 1.26. The smallest absolute Gasteiger partial charge is 0.0349 e. The number of nitrogens with two attached hydrogens (primary N) is 1. The molecule has 0 unspecified atom stereocenters. The molecule has 1 heterocycles. The highest BCUT2D eigenvalue weighted by Gasteiger charge is 2.00. The van der Waals surface area contributed by atoms with Crippen LogP contribution in [-0.2, 0) is 0 Å². The number of rotatable bonds is 3. The normalized spacial score (nSPS) is 11.1. The zero-order valence-electron chi connectivity index (χ0n) is 8.69. The van der Waals surface area contributed by atoms with E-state index in [1.807, 2.05) is 6.08 Å². The molecule has 0 saturated carbocycles. The predicted molar refractivity (Wildman–Crippen MR) is 75.5 cm³/mol. The SMILES string of the molecule is NCC=Cc1ccc(-c2ccc(Br)cc2)s1. The molecule has 0 aliphatic rings. The van der Waals surface area contributed by atoms with Gasteiger partial charge in [-0.05, 0) is 35.9 Å². The van der Waals surface area contributed by atoms with Crippen molar-refractivity contribution in [3.05, 3.63) is 51.8 Å². The summed E-state index contributed by atoms with van der Waals surface area (Å²) >= 11 is 5.21. The summed E-state index contributed by atoms with van der Waals surface area (Å²) < 4.78 is 1.11. The van der Waals surface area contributed by atoms with Crippen LogP contribution < -0.4 is 5.73 Å². The van der Waals surface area contributed by atoms with Crippen molar-refractivity contribution in [2.75, 3.05) is 6.54 Å². The molecular weight excluding hydrogens is 282 g/mol. The van der Waals surface area contributed by atoms with Gasteiger partial charge in [0.25, 0.3) is 0 Å². The highest BCUT2D eigenvalue weighted by atomic mass is 79.9. The summed E-state index contributed by atoms with van der Waals surface area (Å²) in [6.07, 6.45) is 4.03. The molecule has 2 N–H and O–H groups in total. The Bertz CT molecular complexity index is 485. The lowest BCUT2D eigenvalue weighted by atomic mass is 10.2. The molecule has 2 aromatic rings. The number of thiophene rings is 1. The van der Waals surface area contributed by atoms with Crippen molar-refractivity contribution >= 4 is 33.3 Å². The minimum atomic E-state index is 0.589. The molecule has 1 nitrogen and oxygen atoms in total. The quantitative estimate of drug-likeness (QED) is 0.904. The molecule has 3 heteroatoms. The molecule has 82 valence electrons. The molecule has 0 atom stereocenters. The van der Waals surface area contributed by atoms with Crippen molar-refractivity contribution in [1.82, 2.24) is 0 Å². The second-order valence-electron chi connectivity index (χ2n) is 3.35. The topological polar surface area (TPSA) is 26.0 Å². The minimum Gasteiger partial charge on any atom is -0.327 e. The van der Waals surface area contributed by atoms with Crippen molar-refractivity contribution in [3.63, 3.8) is 0 Å². The van der Waals surface area contributed by atoms with Crippen LogP contribution in [-0.4, -0.2) is 6.54 Å². The minimum absolute atomic E-state index is 0.589. The van der Waals surface area contributed by atoms with E-state index in [1.54, 1.807) is 11.3 Å². The van der Waals surface area contributed by atoms with E-state index in [2.05, 4.69) is 58.4 Å². The van der Waals surface area contributed by atoms with Crippen molar-refractivity contribution in [2.24, 2.45) is 5.73 Å². The Morgan fingerprint density at radius 3 is 2.56 bits per heavy atom. The van der Waals surface area contributed by atoms with E-state index >= 15 is 0 Å². The van der Waals surface area contributed by atoms with Crippen LogP contribution in [0.5, 0.6) is 0 Å². The third-order valence-corrected chi connectivity index (χ3v) is 3.80. The maximum absolute atomic E-state index is 5.42. The fourth-order valence-electron chi connectivity index (χ4n) is 1.40. The van der Waals surface area contributed by atoms with E-state index in [-0.39, 0.29) is 0 Å². The molecule has 0 saturated heterocycles. The van der Waals surface area contributed by atoms with Gasteiger partial charge < -0.3 is 5.73 Å². The number of hydrogen-bond donors (Lipinski definition) is 1. The third-order valence-electron chi connectivity index (χ3n) is 2.17. The maximum Gasteiger partial charge on any atom is 0.0349 e. The van der Waals surface area contributed by atoms with Crippen molar-refractivity contribution in [1.29, 1.82) is 0 Å². The van der Waals surface area contributed by atoms with E-state index < -0.39 is 0 Å². The average molecular weight is 294 g/mol. The van der Waals surface area contributed by atoms with Gasteiger partial charge in [0.15, 0.2) is 0 Å². The zero-order valence-corrected chi connectivity index (χ0v) is 11.1. The van der Waals surface area contributed by atoms with E-state index in [0.717, 1.165) is 4.47 Å². The Morgan fingerprint density at radius 2 is 1.88 bits per heavy atom. The van der Waals surface area contributed by atoms with Gasteiger partial charge >= 0.3 is 0 Å². The molecular formula is C13H12BrNS. The summed E-state index contributed by atoms with van der Waals surface area (Å²) in [5.41, 5.74) is 6.67. The van der Waals surface area contributed by atoms with Gasteiger partial charge in [0.05, 0.1) is 0 Å². The molecule has 1 aromatic carbocycles. The molecule has 1 aromatic heterocycles. The summed E-state index contributed by atoms with van der Waals surface area (Å²) in [5.74, 6) is 0. The fourth-order valence-corrected chi connectivity index (χ4v) is 2.60. The summed E-state index contributed by atoms with van der Waals surface area (Å²) in [7, 11) is 0. The highest BCUT2D eigenvalue weighted by molar-refractivity contribution is 9.10. The largest absolute Gasteiger partial charge is 0.327 e. The summed E-state index contributed by atoms with van der Waals surface area (Å²) in [6, 6.07) is 12.6. The average Bonchev–Trinajstić information content (AvgIpc) is 2.76. The number of benzene rings is 1. The van der Waals surface area contributed by atoms with Crippen LogP contribution in [0.2, 0.25) is 0 Å². The zero-order chi connectivity index (χ0) is 11.4. The van der Waals surface area contributed by atoms with Gasteiger partial charge in [0, 0.05) is 20.8 Å². The Balaban J connectivity index is 2.24. The summed E-state index contributed by atoms with van der Waals surface area (Å²) in [4.78, 5) is 2.52.